The zero-order chi connectivity index (χ0) is 12.4. The van der Waals surface area contributed by atoms with Gasteiger partial charge >= 0.3 is 0 Å². The second kappa shape index (κ2) is 4.45. The fraction of sp³-hybridized carbons (Fsp3) is 0.214. The Balaban J connectivity index is 2.50. The van der Waals surface area contributed by atoms with Gasteiger partial charge in [-0.05, 0) is 54.8 Å². The topological polar surface area (TPSA) is 48.1 Å². The van der Waals surface area contributed by atoms with E-state index in [4.69, 9.17) is 10.5 Å². The lowest BCUT2D eigenvalue weighted by Crippen LogP contribution is -1.93. The second-order valence-corrected chi connectivity index (χ2v) is 4.12. The van der Waals surface area contributed by atoms with Crippen LogP contribution in [-0.2, 0) is 0 Å². The van der Waals surface area contributed by atoms with Gasteiger partial charge in [-0.3, -0.25) is 0 Å². The zero-order valence-corrected chi connectivity index (χ0v) is 10.3. The molecular weight excluding hydrogens is 212 g/mol. The highest BCUT2D eigenvalue weighted by Crippen LogP contribution is 2.29. The van der Waals surface area contributed by atoms with Crippen molar-refractivity contribution >= 4 is 5.82 Å². The molecule has 1 aromatic carbocycles. The fourth-order valence-corrected chi connectivity index (χ4v) is 2.01. The van der Waals surface area contributed by atoms with Gasteiger partial charge in [-0.25, -0.2) is 4.98 Å². The summed E-state index contributed by atoms with van der Waals surface area (Å²) < 4.78 is 5.35. The van der Waals surface area contributed by atoms with Crippen molar-refractivity contribution in [3.05, 3.63) is 41.6 Å². The van der Waals surface area contributed by atoms with E-state index in [1.54, 1.807) is 13.3 Å². The van der Waals surface area contributed by atoms with Gasteiger partial charge in [-0.1, -0.05) is 0 Å². The van der Waals surface area contributed by atoms with Gasteiger partial charge in [-0.15, -0.1) is 0 Å². The minimum absolute atomic E-state index is 0.538. The average Bonchev–Trinajstić information content (AvgIpc) is 2.29. The zero-order valence-electron chi connectivity index (χ0n) is 10.3. The summed E-state index contributed by atoms with van der Waals surface area (Å²) in [6, 6.07) is 7.98. The van der Waals surface area contributed by atoms with Gasteiger partial charge in [0.2, 0.25) is 0 Å². The number of hydrogen-bond acceptors (Lipinski definition) is 3. The molecule has 0 amide bonds. The monoisotopic (exact) mass is 228 g/mol. The third kappa shape index (κ3) is 2.23. The van der Waals surface area contributed by atoms with Crippen LogP contribution >= 0.6 is 0 Å². The molecule has 0 atom stereocenters. The van der Waals surface area contributed by atoms with Gasteiger partial charge in [0.15, 0.2) is 0 Å². The second-order valence-electron chi connectivity index (χ2n) is 4.12. The number of rotatable bonds is 2. The number of aromatic nitrogens is 1. The first-order valence-corrected chi connectivity index (χ1v) is 5.49. The van der Waals surface area contributed by atoms with E-state index in [0.29, 0.717) is 5.82 Å². The Kier molecular flexibility index (Phi) is 3.00. The minimum atomic E-state index is 0.538. The molecule has 2 aromatic rings. The van der Waals surface area contributed by atoms with Gasteiger partial charge in [0, 0.05) is 11.8 Å². The van der Waals surface area contributed by atoms with Crippen LogP contribution in [-0.4, -0.2) is 12.1 Å². The summed E-state index contributed by atoms with van der Waals surface area (Å²) in [7, 11) is 1.69. The van der Waals surface area contributed by atoms with Crippen LogP contribution in [0.3, 0.4) is 0 Å². The molecule has 1 heterocycles. The van der Waals surface area contributed by atoms with Crippen molar-refractivity contribution in [1.82, 2.24) is 4.98 Å². The molecule has 2 N–H and O–H groups in total. The number of ether oxygens (including phenoxy) is 1. The van der Waals surface area contributed by atoms with E-state index in [1.807, 2.05) is 26.0 Å². The lowest BCUT2D eigenvalue weighted by atomic mass is 10.0. The number of pyridine rings is 1. The van der Waals surface area contributed by atoms with Gasteiger partial charge in [0.05, 0.1) is 7.11 Å². The summed E-state index contributed by atoms with van der Waals surface area (Å²) in [5, 5.41) is 0. The summed E-state index contributed by atoms with van der Waals surface area (Å²) in [5.74, 6) is 1.48. The van der Waals surface area contributed by atoms with E-state index in [9.17, 15) is 0 Å². The van der Waals surface area contributed by atoms with Gasteiger partial charge in [-0.2, -0.15) is 0 Å². The predicted octanol–water partition coefficient (Wildman–Crippen LogP) is 2.96. The number of methoxy groups -OCH3 is 1. The summed E-state index contributed by atoms with van der Waals surface area (Å²) in [6.45, 7) is 4.08. The maximum atomic E-state index is 5.58. The van der Waals surface area contributed by atoms with Crippen LogP contribution in [0.5, 0.6) is 5.75 Å². The molecule has 0 unspecified atom stereocenters. The molecule has 88 valence electrons. The molecule has 2 rings (SSSR count). The van der Waals surface area contributed by atoms with Crippen molar-refractivity contribution in [3.63, 3.8) is 0 Å². The summed E-state index contributed by atoms with van der Waals surface area (Å²) in [4.78, 5) is 4.10. The van der Waals surface area contributed by atoms with Crippen molar-refractivity contribution in [2.24, 2.45) is 0 Å². The number of nitrogen functional groups attached to an aromatic ring is 1. The Labute approximate surface area is 101 Å². The van der Waals surface area contributed by atoms with Crippen LogP contribution in [0.25, 0.3) is 11.1 Å². The highest BCUT2D eigenvalue weighted by molar-refractivity contribution is 5.67. The van der Waals surface area contributed by atoms with Crippen molar-refractivity contribution < 1.29 is 4.74 Å². The van der Waals surface area contributed by atoms with Crippen molar-refractivity contribution in [3.8, 4) is 16.9 Å². The van der Waals surface area contributed by atoms with E-state index in [0.717, 1.165) is 28.0 Å². The molecule has 17 heavy (non-hydrogen) atoms. The lowest BCUT2D eigenvalue weighted by molar-refractivity contribution is 0.408. The Bertz CT molecular complexity index is 509. The van der Waals surface area contributed by atoms with Crippen LogP contribution in [0.1, 0.15) is 11.1 Å². The molecule has 0 aliphatic rings. The van der Waals surface area contributed by atoms with E-state index >= 15 is 0 Å². The number of benzene rings is 1. The third-order valence-corrected chi connectivity index (χ3v) is 2.78. The van der Waals surface area contributed by atoms with Gasteiger partial charge in [0.25, 0.3) is 0 Å². The van der Waals surface area contributed by atoms with Crippen molar-refractivity contribution in [2.75, 3.05) is 12.8 Å². The van der Waals surface area contributed by atoms with E-state index < -0.39 is 0 Å². The van der Waals surface area contributed by atoms with E-state index in [1.165, 1.54) is 0 Å². The fourth-order valence-electron chi connectivity index (χ4n) is 2.01. The normalized spacial score (nSPS) is 10.3. The molecule has 0 aliphatic carbocycles. The quantitative estimate of drug-likeness (QED) is 0.859. The number of nitrogens with zero attached hydrogens (tertiary/aromatic N) is 1. The molecule has 1 aromatic heterocycles. The summed E-state index contributed by atoms with van der Waals surface area (Å²) in [5.41, 5.74) is 10.0. The largest absolute Gasteiger partial charge is 0.496 e. The molecule has 0 spiro atoms. The Hall–Kier alpha value is -2.03. The van der Waals surface area contributed by atoms with Crippen LogP contribution in [0.2, 0.25) is 0 Å². The third-order valence-electron chi connectivity index (χ3n) is 2.78. The maximum Gasteiger partial charge on any atom is 0.124 e. The van der Waals surface area contributed by atoms with Crippen LogP contribution in [0.15, 0.2) is 30.5 Å². The highest BCUT2D eigenvalue weighted by atomic mass is 16.5. The minimum Gasteiger partial charge on any atom is -0.496 e. The SMILES string of the molecule is COc1c(C)cc(-c2ccc(N)nc2)cc1C. The number of hydrogen-bond donors (Lipinski definition) is 1. The number of aryl methyl sites for hydroxylation is 2. The van der Waals surface area contributed by atoms with Crippen LogP contribution < -0.4 is 10.5 Å². The van der Waals surface area contributed by atoms with Crippen molar-refractivity contribution in [1.29, 1.82) is 0 Å². The van der Waals surface area contributed by atoms with Crippen LogP contribution in [0, 0.1) is 13.8 Å². The highest BCUT2D eigenvalue weighted by Gasteiger charge is 2.06. The molecular formula is C14H16N2O. The van der Waals surface area contributed by atoms with E-state index in [2.05, 4.69) is 17.1 Å². The van der Waals surface area contributed by atoms with E-state index in [-0.39, 0.29) is 0 Å². The smallest absolute Gasteiger partial charge is 0.124 e. The molecule has 0 bridgehead atoms. The first-order chi connectivity index (χ1) is 8.11. The Morgan fingerprint density at radius 3 is 2.18 bits per heavy atom. The van der Waals surface area contributed by atoms with Gasteiger partial charge in [0.1, 0.15) is 11.6 Å². The first kappa shape index (κ1) is 11.5. The molecule has 0 saturated carbocycles. The molecule has 0 radical (unpaired) electrons. The summed E-state index contributed by atoms with van der Waals surface area (Å²) >= 11 is 0. The number of nitrogens with two attached hydrogens (primary N) is 1. The predicted molar refractivity (Wildman–Crippen MR) is 70.1 cm³/mol. The number of anilines is 1. The van der Waals surface area contributed by atoms with Crippen LogP contribution in [0.4, 0.5) is 5.82 Å². The molecule has 0 aliphatic heterocycles. The standard InChI is InChI=1S/C14H16N2O/c1-9-6-12(7-10(2)14(9)17-3)11-4-5-13(15)16-8-11/h4-8H,1-3H3,(H2,15,16). The first-order valence-electron chi connectivity index (χ1n) is 5.49. The Morgan fingerprint density at radius 1 is 1.06 bits per heavy atom. The molecule has 3 nitrogen and oxygen atoms in total. The summed E-state index contributed by atoms with van der Waals surface area (Å²) in [6.07, 6.45) is 1.79. The van der Waals surface area contributed by atoms with Gasteiger partial charge < -0.3 is 10.5 Å². The maximum absolute atomic E-state index is 5.58. The lowest BCUT2D eigenvalue weighted by Gasteiger charge is -2.11. The molecule has 0 fully saturated rings. The molecule has 0 saturated heterocycles. The Morgan fingerprint density at radius 2 is 1.71 bits per heavy atom. The molecule has 3 heteroatoms. The average molecular weight is 228 g/mol. The van der Waals surface area contributed by atoms with Crippen molar-refractivity contribution in [2.45, 2.75) is 13.8 Å².